The van der Waals surface area contributed by atoms with Crippen LogP contribution < -0.4 is 0 Å². The molecule has 0 N–H and O–H groups in total. The van der Waals surface area contributed by atoms with Gasteiger partial charge in [-0.2, -0.15) is 11.8 Å². The first kappa shape index (κ1) is 11.8. The number of benzene rings is 1. The third-order valence-electron chi connectivity index (χ3n) is 2.03. The molecule has 1 nitrogen and oxygen atoms in total. The van der Waals surface area contributed by atoms with E-state index in [1.165, 1.54) is 0 Å². The van der Waals surface area contributed by atoms with Gasteiger partial charge in [0, 0.05) is 15.8 Å². The van der Waals surface area contributed by atoms with Crippen LogP contribution in [0.2, 0.25) is 0 Å². The number of carbonyl (C=O) groups is 1. The van der Waals surface area contributed by atoms with Gasteiger partial charge in [0.1, 0.15) is 0 Å². The fourth-order valence-electron chi connectivity index (χ4n) is 1.59. The molecule has 76 valence electrons. The highest BCUT2D eigenvalue weighted by Gasteiger charge is 2.10. The molecular formula is C11H13BrOS. The second-order valence-corrected chi connectivity index (χ2v) is 5.03. The van der Waals surface area contributed by atoms with Crippen LogP contribution in [0.3, 0.4) is 0 Å². The maximum Gasteiger partial charge on any atom is 0.160 e. The molecule has 0 atom stereocenters. The van der Waals surface area contributed by atoms with Crippen LogP contribution in [0.15, 0.2) is 16.6 Å². The molecule has 0 fully saturated rings. The number of thioether (sulfide) groups is 1. The van der Waals surface area contributed by atoms with Gasteiger partial charge in [-0.3, -0.25) is 4.79 Å². The van der Waals surface area contributed by atoms with E-state index in [2.05, 4.69) is 15.9 Å². The average Bonchev–Trinajstić information content (AvgIpc) is 2.01. The van der Waals surface area contributed by atoms with Crippen LogP contribution >= 0.6 is 27.7 Å². The Labute approximate surface area is 97.4 Å². The van der Waals surface area contributed by atoms with Crippen molar-refractivity contribution in [3.63, 3.8) is 0 Å². The van der Waals surface area contributed by atoms with Gasteiger partial charge in [-0.1, -0.05) is 15.9 Å². The lowest BCUT2D eigenvalue weighted by Gasteiger charge is -2.09. The predicted octanol–water partition coefficient (Wildman–Crippen LogP) is 3.82. The van der Waals surface area contributed by atoms with Crippen molar-refractivity contribution in [3.8, 4) is 0 Å². The molecule has 0 saturated heterocycles. The number of Topliss-reactive ketones (excluding diaryl/α,β-unsaturated/α-hetero) is 1. The van der Waals surface area contributed by atoms with E-state index >= 15 is 0 Å². The van der Waals surface area contributed by atoms with Crippen molar-refractivity contribution in [2.24, 2.45) is 0 Å². The molecule has 0 aromatic heterocycles. The summed E-state index contributed by atoms with van der Waals surface area (Å²) in [5.41, 5.74) is 3.05. The number of carbonyl (C=O) groups excluding carboxylic acids is 1. The lowest BCUT2D eigenvalue weighted by molar-refractivity contribution is 0.101. The van der Waals surface area contributed by atoms with Gasteiger partial charge < -0.3 is 0 Å². The van der Waals surface area contributed by atoms with Crippen molar-refractivity contribution in [2.45, 2.75) is 19.6 Å². The lowest BCUT2D eigenvalue weighted by atomic mass is 10.00. The summed E-state index contributed by atoms with van der Waals surface area (Å²) in [7, 11) is 0. The summed E-state index contributed by atoms with van der Waals surface area (Å²) in [5.74, 6) is 1.04. The zero-order valence-corrected chi connectivity index (χ0v) is 11.0. The fourth-order valence-corrected chi connectivity index (χ4v) is 2.74. The van der Waals surface area contributed by atoms with E-state index in [-0.39, 0.29) is 5.78 Å². The maximum atomic E-state index is 11.4. The van der Waals surface area contributed by atoms with E-state index < -0.39 is 0 Å². The molecule has 0 saturated carbocycles. The molecule has 1 rings (SSSR count). The van der Waals surface area contributed by atoms with Crippen LogP contribution in [0.1, 0.15) is 28.4 Å². The topological polar surface area (TPSA) is 17.1 Å². The van der Waals surface area contributed by atoms with Crippen molar-refractivity contribution in [2.75, 3.05) is 6.26 Å². The monoisotopic (exact) mass is 272 g/mol. The van der Waals surface area contributed by atoms with Crippen molar-refractivity contribution in [3.05, 3.63) is 33.3 Å². The van der Waals surface area contributed by atoms with E-state index in [1.807, 2.05) is 25.3 Å². The number of ketones is 1. The van der Waals surface area contributed by atoms with Crippen LogP contribution in [0.4, 0.5) is 0 Å². The molecule has 0 amide bonds. The molecular weight excluding hydrogens is 260 g/mol. The average molecular weight is 273 g/mol. The molecule has 0 radical (unpaired) electrons. The summed E-state index contributed by atoms with van der Waals surface area (Å²) in [4.78, 5) is 11.4. The molecule has 0 unspecified atom stereocenters. The highest BCUT2D eigenvalue weighted by Crippen LogP contribution is 2.24. The smallest absolute Gasteiger partial charge is 0.160 e. The zero-order chi connectivity index (χ0) is 10.7. The van der Waals surface area contributed by atoms with E-state index in [4.69, 9.17) is 0 Å². The molecule has 0 spiro atoms. The van der Waals surface area contributed by atoms with Crippen molar-refractivity contribution >= 4 is 33.5 Å². The van der Waals surface area contributed by atoms with Crippen LogP contribution in [0, 0.1) is 6.92 Å². The van der Waals surface area contributed by atoms with E-state index in [0.29, 0.717) is 0 Å². The Hall–Kier alpha value is -0.280. The minimum absolute atomic E-state index is 0.152. The Morgan fingerprint density at radius 2 is 2.14 bits per heavy atom. The van der Waals surface area contributed by atoms with Crippen molar-refractivity contribution in [1.82, 2.24) is 0 Å². The van der Waals surface area contributed by atoms with Crippen molar-refractivity contribution < 1.29 is 4.79 Å². The third-order valence-corrected chi connectivity index (χ3v) is 3.09. The summed E-state index contributed by atoms with van der Waals surface area (Å²) < 4.78 is 1.05. The quantitative estimate of drug-likeness (QED) is 0.779. The van der Waals surface area contributed by atoms with Gasteiger partial charge >= 0.3 is 0 Å². The normalized spacial score (nSPS) is 10.3. The maximum absolute atomic E-state index is 11.4. The molecule has 1 aromatic rings. The van der Waals surface area contributed by atoms with Crippen LogP contribution in [-0.4, -0.2) is 12.0 Å². The Morgan fingerprint density at radius 3 is 2.64 bits per heavy atom. The molecule has 0 aliphatic heterocycles. The number of hydrogen-bond acceptors (Lipinski definition) is 2. The Kier molecular flexibility index (Phi) is 4.20. The molecule has 0 bridgehead atoms. The highest BCUT2D eigenvalue weighted by atomic mass is 79.9. The Balaban J connectivity index is 3.28. The van der Waals surface area contributed by atoms with E-state index in [9.17, 15) is 4.79 Å². The van der Waals surface area contributed by atoms with Gasteiger partial charge in [0.2, 0.25) is 0 Å². The minimum Gasteiger partial charge on any atom is -0.294 e. The zero-order valence-electron chi connectivity index (χ0n) is 8.56. The summed E-state index contributed by atoms with van der Waals surface area (Å²) >= 11 is 5.18. The number of hydrogen-bond donors (Lipinski definition) is 0. The Bertz CT molecular complexity index is 361. The first-order chi connectivity index (χ1) is 6.56. The third kappa shape index (κ3) is 2.61. The summed E-state index contributed by atoms with van der Waals surface area (Å²) in [6.07, 6.45) is 2.04. The first-order valence-electron chi connectivity index (χ1n) is 4.35. The van der Waals surface area contributed by atoms with E-state index in [0.717, 1.165) is 26.9 Å². The standard InChI is InChI=1S/C11H13BrOS/c1-7-4-10(12)5-9(6-14-3)11(7)8(2)13/h4-5H,6H2,1-3H3. The van der Waals surface area contributed by atoms with Crippen LogP contribution in [-0.2, 0) is 5.75 Å². The molecule has 0 aliphatic rings. The van der Waals surface area contributed by atoms with Crippen LogP contribution in [0.25, 0.3) is 0 Å². The summed E-state index contributed by atoms with van der Waals surface area (Å²) in [6, 6.07) is 4.01. The lowest BCUT2D eigenvalue weighted by Crippen LogP contribution is -2.02. The number of halogens is 1. The van der Waals surface area contributed by atoms with E-state index in [1.54, 1.807) is 18.7 Å². The van der Waals surface area contributed by atoms with Crippen LogP contribution in [0.5, 0.6) is 0 Å². The van der Waals surface area contributed by atoms with Gasteiger partial charge in [-0.15, -0.1) is 0 Å². The van der Waals surface area contributed by atoms with Gasteiger partial charge in [0.15, 0.2) is 5.78 Å². The second-order valence-electron chi connectivity index (χ2n) is 3.25. The largest absolute Gasteiger partial charge is 0.294 e. The SMILES string of the molecule is CSCc1cc(Br)cc(C)c1C(C)=O. The molecule has 14 heavy (non-hydrogen) atoms. The van der Waals surface area contributed by atoms with Gasteiger partial charge in [0.05, 0.1) is 0 Å². The fraction of sp³-hybridized carbons (Fsp3) is 0.364. The number of rotatable bonds is 3. The molecule has 1 aromatic carbocycles. The summed E-state index contributed by atoms with van der Waals surface area (Å²) in [5, 5.41) is 0. The minimum atomic E-state index is 0.152. The number of aryl methyl sites for hydroxylation is 1. The molecule has 3 heteroatoms. The highest BCUT2D eigenvalue weighted by molar-refractivity contribution is 9.10. The van der Waals surface area contributed by atoms with Gasteiger partial charge in [-0.25, -0.2) is 0 Å². The molecule has 0 heterocycles. The van der Waals surface area contributed by atoms with Crippen molar-refractivity contribution in [1.29, 1.82) is 0 Å². The Morgan fingerprint density at radius 1 is 1.50 bits per heavy atom. The second kappa shape index (κ2) is 4.99. The van der Waals surface area contributed by atoms with Gasteiger partial charge in [-0.05, 0) is 43.4 Å². The predicted molar refractivity (Wildman–Crippen MR) is 66.1 cm³/mol. The summed E-state index contributed by atoms with van der Waals surface area (Å²) in [6.45, 7) is 3.60. The molecule has 0 aliphatic carbocycles. The van der Waals surface area contributed by atoms with Gasteiger partial charge in [0.25, 0.3) is 0 Å². The first-order valence-corrected chi connectivity index (χ1v) is 6.54.